The minimum atomic E-state index is -3.18. The minimum Gasteiger partial charge on any atom is -0.477 e. The molecule has 0 bridgehead atoms. The van der Waals surface area contributed by atoms with Crippen LogP contribution >= 0.6 is 0 Å². The van der Waals surface area contributed by atoms with Crippen LogP contribution < -0.4 is 0 Å². The first-order valence-corrected chi connectivity index (χ1v) is 6.81. The fourth-order valence-corrected chi connectivity index (χ4v) is 2.25. The highest BCUT2D eigenvalue weighted by Gasteiger charge is 2.12. The summed E-state index contributed by atoms with van der Waals surface area (Å²) in [5, 5.41) is 8.96. The lowest BCUT2D eigenvalue weighted by Gasteiger charge is -1.97. The van der Waals surface area contributed by atoms with Gasteiger partial charge in [-0.3, -0.25) is 4.40 Å². The molecule has 6 nitrogen and oxygen atoms in total. The Morgan fingerprint density at radius 3 is 2.76 bits per heavy atom. The molecule has 0 radical (unpaired) electrons. The van der Waals surface area contributed by atoms with Crippen LogP contribution in [0, 0.1) is 0 Å². The first-order chi connectivity index (χ1) is 7.87. The van der Waals surface area contributed by atoms with E-state index < -0.39 is 15.8 Å². The second-order valence-electron chi connectivity index (χ2n) is 3.75. The molecule has 0 spiro atoms. The van der Waals surface area contributed by atoms with Gasteiger partial charge >= 0.3 is 5.97 Å². The first kappa shape index (κ1) is 11.6. The molecule has 0 saturated carbocycles. The molecule has 0 saturated heterocycles. The first-order valence-electron chi connectivity index (χ1n) is 4.75. The number of fused-ring (bicyclic) bond motifs is 1. The number of rotatable bonds is 3. The molecule has 2 aromatic rings. The van der Waals surface area contributed by atoms with Crippen LogP contribution in [0.3, 0.4) is 0 Å². The van der Waals surface area contributed by atoms with Crippen LogP contribution in [0.2, 0.25) is 0 Å². The number of pyridine rings is 1. The van der Waals surface area contributed by atoms with E-state index in [-0.39, 0.29) is 11.4 Å². The van der Waals surface area contributed by atoms with Gasteiger partial charge in [0.1, 0.15) is 11.3 Å². The average molecular weight is 254 g/mol. The topological polar surface area (TPSA) is 88.7 Å². The van der Waals surface area contributed by atoms with E-state index in [2.05, 4.69) is 4.98 Å². The van der Waals surface area contributed by atoms with Crippen molar-refractivity contribution in [1.82, 2.24) is 9.38 Å². The Kier molecular flexibility index (Phi) is 2.62. The predicted octanol–water partition coefficient (Wildman–Crippen LogP) is 0.577. The molecule has 7 heteroatoms. The van der Waals surface area contributed by atoms with E-state index in [0.717, 1.165) is 6.26 Å². The van der Waals surface area contributed by atoms with Gasteiger partial charge in [0, 0.05) is 12.5 Å². The second-order valence-corrected chi connectivity index (χ2v) is 5.89. The van der Waals surface area contributed by atoms with Crippen molar-refractivity contribution < 1.29 is 18.3 Å². The van der Waals surface area contributed by atoms with Crippen molar-refractivity contribution in [2.45, 2.75) is 5.75 Å². The summed E-state index contributed by atoms with van der Waals surface area (Å²) in [4.78, 5) is 15.0. The lowest BCUT2D eigenvalue weighted by Crippen LogP contribution is -2.03. The van der Waals surface area contributed by atoms with Crippen molar-refractivity contribution in [3.63, 3.8) is 0 Å². The summed E-state index contributed by atoms with van der Waals surface area (Å²) in [7, 11) is -3.18. The number of carbonyl (C=O) groups is 1. The summed E-state index contributed by atoms with van der Waals surface area (Å²) in [6, 6.07) is 4.62. The molecule has 1 N–H and O–H groups in total. The summed E-state index contributed by atoms with van der Waals surface area (Å²) in [5.74, 6) is -1.29. The lowest BCUT2D eigenvalue weighted by molar-refractivity contribution is 0.0689. The van der Waals surface area contributed by atoms with Crippen molar-refractivity contribution >= 4 is 21.5 Å². The van der Waals surface area contributed by atoms with Gasteiger partial charge < -0.3 is 5.11 Å². The molecule has 0 aliphatic carbocycles. The normalized spacial score (nSPS) is 11.8. The molecule has 0 aliphatic rings. The third-order valence-electron chi connectivity index (χ3n) is 2.17. The lowest BCUT2D eigenvalue weighted by atomic mass is 10.3. The fraction of sp³-hybridized carbons (Fsp3) is 0.200. The van der Waals surface area contributed by atoms with Gasteiger partial charge in [0.25, 0.3) is 0 Å². The number of sulfone groups is 1. The zero-order valence-electron chi connectivity index (χ0n) is 8.99. The molecule has 0 amide bonds. The number of nitrogens with zero attached hydrogens (tertiary/aromatic N) is 2. The van der Waals surface area contributed by atoms with Crippen molar-refractivity contribution in [1.29, 1.82) is 0 Å². The molecule has 0 unspecified atom stereocenters. The summed E-state index contributed by atoms with van der Waals surface area (Å²) < 4.78 is 23.6. The van der Waals surface area contributed by atoms with Gasteiger partial charge in [0.15, 0.2) is 9.84 Å². The molecule has 0 atom stereocenters. The van der Waals surface area contributed by atoms with Gasteiger partial charge in [0.05, 0.1) is 11.4 Å². The number of carboxylic acid groups (broad SMARTS) is 1. The van der Waals surface area contributed by atoms with E-state index >= 15 is 0 Å². The largest absolute Gasteiger partial charge is 0.477 e. The van der Waals surface area contributed by atoms with Crippen molar-refractivity contribution in [3.05, 3.63) is 35.8 Å². The van der Waals surface area contributed by atoms with E-state index in [1.807, 2.05) is 0 Å². The number of aromatic carboxylic acids is 1. The molecular weight excluding hydrogens is 244 g/mol. The third kappa shape index (κ3) is 2.44. The van der Waals surface area contributed by atoms with Crippen LogP contribution in [-0.4, -0.2) is 35.1 Å². The van der Waals surface area contributed by atoms with E-state index in [1.165, 1.54) is 16.7 Å². The van der Waals surface area contributed by atoms with Gasteiger partial charge in [0.2, 0.25) is 0 Å². The Labute approximate surface area is 97.4 Å². The molecule has 2 aromatic heterocycles. The number of carboxylic acids is 1. The summed E-state index contributed by atoms with van der Waals surface area (Å²) >= 11 is 0. The van der Waals surface area contributed by atoms with E-state index in [4.69, 9.17) is 5.11 Å². The Balaban J connectivity index is 2.58. The van der Waals surface area contributed by atoms with Gasteiger partial charge in [-0.25, -0.2) is 18.2 Å². The standard InChI is InChI=1S/C10H10N2O4S/c1-17(15,16)6-7-5-12-8(10(13)14)3-2-4-9(12)11-7/h2-5H,6H2,1H3,(H,13,14). The summed E-state index contributed by atoms with van der Waals surface area (Å²) in [5.41, 5.74) is 0.805. The van der Waals surface area contributed by atoms with E-state index in [1.54, 1.807) is 12.1 Å². The molecule has 0 aromatic carbocycles. The zero-order valence-corrected chi connectivity index (χ0v) is 9.81. The minimum absolute atomic E-state index is 0.0507. The van der Waals surface area contributed by atoms with Gasteiger partial charge in [-0.15, -0.1) is 0 Å². The predicted molar refractivity (Wildman–Crippen MR) is 60.7 cm³/mol. The number of aromatic nitrogens is 2. The Morgan fingerprint density at radius 2 is 2.18 bits per heavy atom. The van der Waals surface area contributed by atoms with Crippen LogP contribution in [0.1, 0.15) is 16.2 Å². The SMILES string of the molecule is CS(=O)(=O)Cc1cn2c(C(=O)O)cccc2n1. The molecule has 2 heterocycles. The van der Waals surface area contributed by atoms with Crippen molar-refractivity contribution in [2.24, 2.45) is 0 Å². The van der Waals surface area contributed by atoms with Crippen LogP contribution in [0.25, 0.3) is 5.65 Å². The Hall–Kier alpha value is -1.89. The maximum absolute atomic E-state index is 11.1. The Bertz CT molecular complexity index is 687. The number of hydrogen-bond acceptors (Lipinski definition) is 4. The molecule has 0 fully saturated rings. The fourth-order valence-electron chi connectivity index (χ4n) is 1.57. The quantitative estimate of drug-likeness (QED) is 0.865. The Morgan fingerprint density at radius 1 is 1.47 bits per heavy atom. The summed E-state index contributed by atoms with van der Waals surface area (Å²) in [6.45, 7) is 0. The van der Waals surface area contributed by atoms with Crippen LogP contribution in [0.15, 0.2) is 24.4 Å². The third-order valence-corrected chi connectivity index (χ3v) is 2.99. The van der Waals surface area contributed by atoms with Crippen molar-refractivity contribution in [2.75, 3.05) is 6.26 Å². The van der Waals surface area contributed by atoms with Crippen LogP contribution in [0.5, 0.6) is 0 Å². The maximum atomic E-state index is 11.1. The molecule has 17 heavy (non-hydrogen) atoms. The van der Waals surface area contributed by atoms with Crippen LogP contribution in [0.4, 0.5) is 0 Å². The van der Waals surface area contributed by atoms with Crippen LogP contribution in [-0.2, 0) is 15.6 Å². The van der Waals surface area contributed by atoms with Gasteiger partial charge in [-0.1, -0.05) is 6.07 Å². The molecule has 2 rings (SSSR count). The monoisotopic (exact) mass is 254 g/mol. The van der Waals surface area contributed by atoms with Crippen molar-refractivity contribution in [3.8, 4) is 0 Å². The highest BCUT2D eigenvalue weighted by Crippen LogP contribution is 2.11. The smallest absolute Gasteiger partial charge is 0.352 e. The van der Waals surface area contributed by atoms with Gasteiger partial charge in [-0.2, -0.15) is 0 Å². The second kappa shape index (κ2) is 3.85. The molecule has 0 aliphatic heterocycles. The maximum Gasteiger partial charge on any atom is 0.352 e. The van der Waals surface area contributed by atoms with E-state index in [0.29, 0.717) is 11.3 Å². The van der Waals surface area contributed by atoms with E-state index in [9.17, 15) is 13.2 Å². The number of imidazole rings is 1. The molecular formula is C10H10N2O4S. The zero-order chi connectivity index (χ0) is 12.6. The van der Waals surface area contributed by atoms with Gasteiger partial charge in [-0.05, 0) is 12.1 Å². The highest BCUT2D eigenvalue weighted by atomic mass is 32.2. The molecule has 90 valence electrons. The summed E-state index contributed by atoms with van der Waals surface area (Å²) in [6.07, 6.45) is 2.54. The average Bonchev–Trinajstić information content (AvgIpc) is 2.55. The highest BCUT2D eigenvalue weighted by molar-refractivity contribution is 7.89. The number of hydrogen-bond donors (Lipinski definition) is 1.